The summed E-state index contributed by atoms with van der Waals surface area (Å²) in [5, 5.41) is 16.3. The number of nitrogens with one attached hydrogen (secondary N) is 1. The van der Waals surface area contributed by atoms with Crippen molar-refractivity contribution in [2.24, 2.45) is 0 Å². The van der Waals surface area contributed by atoms with Crippen molar-refractivity contribution >= 4 is 34.5 Å². The number of aliphatic hydroxyl groups is 1. The Morgan fingerprint density at radius 2 is 1.93 bits per heavy atom. The average Bonchev–Trinajstić information content (AvgIpc) is 3.25. The Hall–Kier alpha value is -1.75. The van der Waals surface area contributed by atoms with Gasteiger partial charge in [0.2, 0.25) is 0 Å². The van der Waals surface area contributed by atoms with Gasteiger partial charge in [-0.2, -0.15) is 0 Å². The second-order valence-electron chi connectivity index (χ2n) is 8.84. The Morgan fingerprint density at radius 1 is 1.14 bits per heavy atom. The second-order valence-corrected chi connectivity index (χ2v) is 9.59. The van der Waals surface area contributed by atoms with Crippen LogP contribution in [0.15, 0.2) is 36.7 Å². The fraction of sp³-hybridized carbons (Fsp3) is 0.409. The van der Waals surface area contributed by atoms with Crippen molar-refractivity contribution in [2.75, 3.05) is 5.32 Å². The number of hydrogen-bond acceptors (Lipinski definition) is 3. The van der Waals surface area contributed by atoms with Gasteiger partial charge in [0.15, 0.2) is 0 Å². The summed E-state index contributed by atoms with van der Waals surface area (Å²) in [5.41, 5.74) is 2.74. The van der Waals surface area contributed by atoms with Gasteiger partial charge in [-0.3, -0.25) is 4.40 Å². The molecule has 1 aromatic carbocycles. The molecule has 2 atom stereocenters. The Labute approximate surface area is 174 Å². The molecule has 1 aliphatic heterocycles. The van der Waals surface area contributed by atoms with Crippen LogP contribution in [0.2, 0.25) is 10.0 Å². The van der Waals surface area contributed by atoms with Gasteiger partial charge >= 0.3 is 0 Å². The van der Waals surface area contributed by atoms with Gasteiger partial charge in [-0.25, -0.2) is 4.98 Å². The van der Waals surface area contributed by atoms with Crippen LogP contribution >= 0.6 is 23.2 Å². The Morgan fingerprint density at radius 3 is 2.71 bits per heavy atom. The van der Waals surface area contributed by atoms with E-state index >= 15 is 0 Å². The lowest BCUT2D eigenvalue weighted by Gasteiger charge is -2.55. The summed E-state index contributed by atoms with van der Waals surface area (Å²) in [7, 11) is 0. The van der Waals surface area contributed by atoms with E-state index in [0.29, 0.717) is 10.0 Å². The Balaban J connectivity index is 1.83. The van der Waals surface area contributed by atoms with Crippen molar-refractivity contribution in [2.45, 2.75) is 56.6 Å². The minimum Gasteiger partial charge on any atom is -0.387 e. The fourth-order valence-corrected chi connectivity index (χ4v) is 5.99. The number of hydrogen-bond donors (Lipinski definition) is 2. The summed E-state index contributed by atoms with van der Waals surface area (Å²) in [5.74, 6) is 0. The highest BCUT2D eigenvalue weighted by molar-refractivity contribution is 6.45. The molecule has 2 aromatic heterocycles. The molecule has 2 unspecified atom stereocenters. The first-order valence-corrected chi connectivity index (χ1v) is 10.4. The maximum atomic E-state index is 11.8. The molecule has 1 saturated carbocycles. The predicted octanol–water partition coefficient (Wildman–Crippen LogP) is 5.68. The van der Waals surface area contributed by atoms with E-state index in [-0.39, 0.29) is 0 Å². The molecule has 0 saturated heterocycles. The maximum Gasteiger partial charge on any atom is 0.137 e. The number of fused-ring (bicyclic) bond motifs is 4. The highest BCUT2D eigenvalue weighted by atomic mass is 35.5. The standard InChI is InChI=1S/C22H23Cl2N3O/c1-20(2)22(28)9-5-8-21(22,3)14-12-13(17(23)18(24)19(14)26-20)15-6-4-7-16-25-10-11-27(15)16/h4,6-7,10-12,26,28H,5,8-9H2,1-3H3. The van der Waals surface area contributed by atoms with Crippen LogP contribution in [0.3, 0.4) is 0 Å². The number of rotatable bonds is 1. The molecule has 5 rings (SSSR count). The molecule has 0 amide bonds. The molecule has 3 heterocycles. The predicted molar refractivity (Wildman–Crippen MR) is 115 cm³/mol. The number of halogens is 2. The van der Waals surface area contributed by atoms with Crippen LogP contribution in [0.1, 0.15) is 45.6 Å². The zero-order valence-electron chi connectivity index (χ0n) is 16.2. The highest BCUT2D eigenvalue weighted by Crippen LogP contribution is 2.61. The number of imidazole rings is 1. The largest absolute Gasteiger partial charge is 0.387 e. The lowest BCUT2D eigenvalue weighted by molar-refractivity contribution is -0.0628. The topological polar surface area (TPSA) is 49.6 Å². The molecule has 4 nitrogen and oxygen atoms in total. The average molecular weight is 416 g/mol. The molecule has 28 heavy (non-hydrogen) atoms. The van der Waals surface area contributed by atoms with Gasteiger partial charge in [-0.15, -0.1) is 0 Å². The van der Waals surface area contributed by atoms with Crippen LogP contribution < -0.4 is 5.32 Å². The zero-order valence-corrected chi connectivity index (χ0v) is 17.7. The van der Waals surface area contributed by atoms with Gasteiger partial charge in [-0.1, -0.05) is 36.2 Å². The Kier molecular flexibility index (Phi) is 3.69. The highest BCUT2D eigenvalue weighted by Gasteiger charge is 2.63. The number of anilines is 1. The quantitative estimate of drug-likeness (QED) is 0.536. The number of benzene rings is 1. The first kappa shape index (κ1) is 18.3. The Bertz CT molecular complexity index is 1120. The lowest BCUT2D eigenvalue weighted by Crippen LogP contribution is -2.66. The van der Waals surface area contributed by atoms with Crippen molar-refractivity contribution in [3.63, 3.8) is 0 Å². The van der Waals surface area contributed by atoms with E-state index in [1.54, 1.807) is 6.20 Å². The summed E-state index contributed by atoms with van der Waals surface area (Å²) < 4.78 is 2.01. The van der Waals surface area contributed by atoms with Crippen molar-refractivity contribution in [1.29, 1.82) is 0 Å². The van der Waals surface area contributed by atoms with Crippen molar-refractivity contribution in [3.05, 3.63) is 52.3 Å². The minimum atomic E-state index is -0.859. The first-order valence-electron chi connectivity index (χ1n) is 9.65. The van der Waals surface area contributed by atoms with E-state index in [0.717, 1.165) is 47.4 Å². The SMILES string of the molecule is CC1(C)Nc2c(cc(-c3cccc4nccn34)c(Cl)c2Cl)C2(C)CCCC12O. The van der Waals surface area contributed by atoms with E-state index in [1.165, 1.54) is 0 Å². The normalized spacial score (nSPS) is 28.1. The van der Waals surface area contributed by atoms with Crippen molar-refractivity contribution in [1.82, 2.24) is 9.38 Å². The molecule has 3 aromatic rings. The molecule has 146 valence electrons. The van der Waals surface area contributed by atoms with E-state index < -0.39 is 16.6 Å². The molecular formula is C22H23Cl2N3O. The zero-order chi connectivity index (χ0) is 19.9. The molecule has 0 bridgehead atoms. The first-order chi connectivity index (χ1) is 13.2. The molecule has 2 aliphatic rings. The summed E-state index contributed by atoms with van der Waals surface area (Å²) in [6.07, 6.45) is 6.34. The molecule has 0 spiro atoms. The van der Waals surface area contributed by atoms with Crippen LogP contribution in [0, 0.1) is 0 Å². The third kappa shape index (κ3) is 2.09. The molecule has 0 radical (unpaired) electrons. The number of aromatic nitrogens is 2. The third-order valence-corrected chi connectivity index (χ3v) is 7.97. The molecule has 6 heteroatoms. The summed E-state index contributed by atoms with van der Waals surface area (Å²) >= 11 is 13.6. The van der Waals surface area contributed by atoms with Crippen LogP contribution in [-0.4, -0.2) is 25.6 Å². The maximum absolute atomic E-state index is 11.8. The van der Waals surface area contributed by atoms with Gasteiger partial charge in [0.1, 0.15) is 5.65 Å². The monoisotopic (exact) mass is 415 g/mol. The van der Waals surface area contributed by atoms with Crippen LogP contribution in [0.4, 0.5) is 5.69 Å². The van der Waals surface area contributed by atoms with Gasteiger partial charge in [0.25, 0.3) is 0 Å². The summed E-state index contributed by atoms with van der Waals surface area (Å²) in [6.45, 7) is 6.25. The van der Waals surface area contributed by atoms with Crippen LogP contribution in [0.25, 0.3) is 16.9 Å². The van der Waals surface area contributed by atoms with E-state index in [4.69, 9.17) is 23.2 Å². The van der Waals surface area contributed by atoms with Gasteiger partial charge in [0, 0.05) is 23.4 Å². The molecule has 2 N–H and O–H groups in total. The summed E-state index contributed by atoms with van der Waals surface area (Å²) in [4.78, 5) is 4.38. The van der Waals surface area contributed by atoms with E-state index in [2.05, 4.69) is 23.3 Å². The summed E-state index contributed by atoms with van der Waals surface area (Å²) in [6, 6.07) is 8.05. The fourth-order valence-electron chi connectivity index (χ4n) is 5.49. The number of pyridine rings is 1. The number of nitrogens with zero attached hydrogens (tertiary/aromatic N) is 2. The van der Waals surface area contributed by atoms with Gasteiger partial charge in [0.05, 0.1) is 32.6 Å². The van der Waals surface area contributed by atoms with E-state index in [1.807, 2.05) is 42.6 Å². The molecule has 1 aliphatic carbocycles. The third-order valence-electron chi connectivity index (χ3n) is 7.11. The van der Waals surface area contributed by atoms with E-state index in [9.17, 15) is 5.11 Å². The lowest BCUT2D eigenvalue weighted by atomic mass is 9.60. The van der Waals surface area contributed by atoms with Crippen molar-refractivity contribution in [3.8, 4) is 11.3 Å². The molecule has 1 fully saturated rings. The van der Waals surface area contributed by atoms with Crippen LogP contribution in [-0.2, 0) is 5.41 Å². The minimum absolute atomic E-state index is 0.400. The smallest absolute Gasteiger partial charge is 0.137 e. The second kappa shape index (κ2) is 5.65. The van der Waals surface area contributed by atoms with Crippen LogP contribution in [0.5, 0.6) is 0 Å². The van der Waals surface area contributed by atoms with Crippen molar-refractivity contribution < 1.29 is 5.11 Å². The van der Waals surface area contributed by atoms with Gasteiger partial charge in [-0.05, 0) is 56.9 Å². The van der Waals surface area contributed by atoms with Gasteiger partial charge < -0.3 is 10.4 Å². The molecular weight excluding hydrogens is 393 g/mol.